The zero-order chi connectivity index (χ0) is 14.7. The number of halogens is 2. The van der Waals surface area contributed by atoms with E-state index >= 15 is 0 Å². The molecule has 2 N–H and O–H groups in total. The molecule has 0 aromatic heterocycles. The molecule has 4 nitrogen and oxygen atoms in total. The van der Waals surface area contributed by atoms with E-state index in [1.165, 1.54) is 6.07 Å². The Kier molecular flexibility index (Phi) is 4.67. The molecule has 2 rings (SSSR count). The topological polar surface area (TPSA) is 58.6 Å². The Bertz CT molecular complexity index is 489. The number of hydrogen-bond donors (Lipinski definition) is 2. The monoisotopic (exact) mass is 285 g/mol. The van der Waals surface area contributed by atoms with Gasteiger partial charge in [0.25, 0.3) is 0 Å². The van der Waals surface area contributed by atoms with Crippen molar-refractivity contribution in [3.63, 3.8) is 0 Å². The molecule has 1 aliphatic rings. The van der Waals surface area contributed by atoms with E-state index in [4.69, 9.17) is 4.74 Å². The van der Waals surface area contributed by atoms with E-state index in [-0.39, 0.29) is 17.4 Å². The van der Waals surface area contributed by atoms with E-state index in [2.05, 4.69) is 5.32 Å². The quantitative estimate of drug-likeness (QED) is 0.882. The first kappa shape index (κ1) is 14.9. The van der Waals surface area contributed by atoms with Gasteiger partial charge in [-0.25, -0.2) is 8.78 Å². The van der Waals surface area contributed by atoms with Gasteiger partial charge in [-0.3, -0.25) is 4.79 Å². The van der Waals surface area contributed by atoms with Crippen LogP contribution in [-0.2, 0) is 9.53 Å². The summed E-state index contributed by atoms with van der Waals surface area (Å²) in [5, 5.41) is 12.7. The van der Waals surface area contributed by atoms with Gasteiger partial charge >= 0.3 is 0 Å². The molecule has 1 fully saturated rings. The molecular weight excluding hydrogens is 268 g/mol. The highest BCUT2D eigenvalue weighted by molar-refractivity contribution is 5.79. The lowest BCUT2D eigenvalue weighted by Gasteiger charge is -2.22. The Hall–Kier alpha value is -1.53. The minimum atomic E-state index is -1.10. The number of rotatable bonds is 4. The molecule has 110 valence electrons. The molecule has 0 radical (unpaired) electrons. The van der Waals surface area contributed by atoms with Crippen molar-refractivity contribution in [2.75, 3.05) is 13.2 Å². The van der Waals surface area contributed by atoms with Crippen LogP contribution < -0.4 is 5.32 Å². The third kappa shape index (κ3) is 3.32. The number of aliphatic hydroxyl groups excluding tert-OH is 1. The van der Waals surface area contributed by atoms with Crippen molar-refractivity contribution < 1.29 is 23.4 Å². The predicted octanol–water partition coefficient (Wildman–Crippen LogP) is 1.54. The summed E-state index contributed by atoms with van der Waals surface area (Å²) in [5.41, 5.74) is 0.222. The fourth-order valence-electron chi connectivity index (χ4n) is 2.15. The van der Waals surface area contributed by atoms with Crippen LogP contribution >= 0.6 is 0 Å². The Labute approximate surface area is 115 Å². The molecule has 3 unspecified atom stereocenters. The Balaban J connectivity index is 1.98. The first-order valence-corrected chi connectivity index (χ1v) is 6.50. The first-order valence-electron chi connectivity index (χ1n) is 6.50. The van der Waals surface area contributed by atoms with Gasteiger partial charge in [-0.2, -0.15) is 0 Å². The van der Waals surface area contributed by atoms with Crippen LogP contribution in [0, 0.1) is 17.6 Å². The van der Waals surface area contributed by atoms with Crippen molar-refractivity contribution in [1.82, 2.24) is 5.32 Å². The molecule has 1 amide bonds. The molecule has 1 aromatic carbocycles. The van der Waals surface area contributed by atoms with Gasteiger partial charge in [0.05, 0.1) is 24.7 Å². The van der Waals surface area contributed by atoms with E-state index < -0.39 is 23.8 Å². The number of ether oxygens (including phenoxy) is 1. The lowest BCUT2D eigenvalue weighted by atomic mass is 10.0. The lowest BCUT2D eigenvalue weighted by Crippen LogP contribution is -2.40. The van der Waals surface area contributed by atoms with Gasteiger partial charge in [0.2, 0.25) is 5.91 Å². The normalized spacial score (nSPS) is 21.5. The second-order valence-corrected chi connectivity index (χ2v) is 4.98. The van der Waals surface area contributed by atoms with Crippen LogP contribution in [-0.4, -0.2) is 30.3 Å². The fraction of sp³-hybridized carbons (Fsp3) is 0.500. The second kappa shape index (κ2) is 6.28. The molecule has 6 heteroatoms. The summed E-state index contributed by atoms with van der Waals surface area (Å²) in [6.45, 7) is 2.54. The minimum Gasteiger partial charge on any atom is -0.386 e. The summed E-state index contributed by atoms with van der Waals surface area (Å²) in [7, 11) is 0. The Morgan fingerprint density at radius 2 is 2.20 bits per heavy atom. The minimum absolute atomic E-state index is 0.198. The van der Waals surface area contributed by atoms with E-state index in [0.717, 1.165) is 12.1 Å². The summed E-state index contributed by atoms with van der Waals surface area (Å²) in [4.78, 5) is 11.9. The van der Waals surface area contributed by atoms with Crippen molar-refractivity contribution in [2.24, 2.45) is 5.92 Å². The molecule has 1 saturated heterocycles. The average Bonchev–Trinajstić information content (AvgIpc) is 2.95. The van der Waals surface area contributed by atoms with E-state index in [1.807, 2.05) is 0 Å². The van der Waals surface area contributed by atoms with Gasteiger partial charge in [-0.1, -0.05) is 6.07 Å². The maximum absolute atomic E-state index is 13.1. The largest absolute Gasteiger partial charge is 0.386 e. The molecule has 0 spiro atoms. The SMILES string of the molecule is CC(NC(=O)C1CCOC1)C(O)c1ccc(F)c(F)c1. The molecule has 1 aromatic rings. The van der Waals surface area contributed by atoms with E-state index in [9.17, 15) is 18.7 Å². The molecule has 20 heavy (non-hydrogen) atoms. The Morgan fingerprint density at radius 3 is 2.80 bits per heavy atom. The number of carbonyl (C=O) groups is 1. The summed E-state index contributed by atoms with van der Waals surface area (Å²) in [5.74, 6) is -2.41. The summed E-state index contributed by atoms with van der Waals surface area (Å²) in [6, 6.07) is 2.58. The van der Waals surface area contributed by atoms with Gasteiger partial charge in [0.1, 0.15) is 0 Å². The first-order chi connectivity index (χ1) is 9.49. The van der Waals surface area contributed by atoms with Crippen molar-refractivity contribution in [3.05, 3.63) is 35.4 Å². The molecule has 0 bridgehead atoms. The number of benzene rings is 1. The van der Waals surface area contributed by atoms with Crippen LogP contribution in [0.15, 0.2) is 18.2 Å². The predicted molar refractivity (Wildman–Crippen MR) is 67.8 cm³/mol. The van der Waals surface area contributed by atoms with Gasteiger partial charge in [-0.15, -0.1) is 0 Å². The standard InChI is InChI=1S/C14H17F2NO3/c1-8(17-14(19)10-4-5-20-7-10)13(18)9-2-3-11(15)12(16)6-9/h2-3,6,8,10,13,18H,4-5,7H2,1H3,(H,17,19). The summed E-state index contributed by atoms with van der Waals surface area (Å²) >= 11 is 0. The van der Waals surface area contributed by atoms with Gasteiger partial charge in [0, 0.05) is 6.61 Å². The number of amides is 1. The van der Waals surface area contributed by atoms with Crippen molar-refractivity contribution >= 4 is 5.91 Å². The third-order valence-corrected chi connectivity index (χ3v) is 3.43. The second-order valence-electron chi connectivity index (χ2n) is 4.98. The number of aliphatic hydroxyl groups is 1. The van der Waals surface area contributed by atoms with Crippen molar-refractivity contribution in [3.8, 4) is 0 Å². The van der Waals surface area contributed by atoms with Crippen LogP contribution in [0.25, 0.3) is 0 Å². The zero-order valence-electron chi connectivity index (χ0n) is 11.1. The van der Waals surface area contributed by atoms with Crippen LogP contribution in [0.1, 0.15) is 25.0 Å². The van der Waals surface area contributed by atoms with Crippen LogP contribution in [0.2, 0.25) is 0 Å². The van der Waals surface area contributed by atoms with Crippen LogP contribution in [0.5, 0.6) is 0 Å². The molecule has 1 heterocycles. The Morgan fingerprint density at radius 1 is 1.45 bits per heavy atom. The highest BCUT2D eigenvalue weighted by atomic mass is 19.2. The van der Waals surface area contributed by atoms with E-state index in [1.54, 1.807) is 6.92 Å². The van der Waals surface area contributed by atoms with Crippen molar-refractivity contribution in [1.29, 1.82) is 0 Å². The molecule has 3 atom stereocenters. The average molecular weight is 285 g/mol. The van der Waals surface area contributed by atoms with Crippen LogP contribution in [0.3, 0.4) is 0 Å². The number of carbonyl (C=O) groups excluding carboxylic acids is 1. The summed E-state index contributed by atoms with van der Waals surface area (Å²) < 4.78 is 31.1. The van der Waals surface area contributed by atoms with Gasteiger partial charge in [0.15, 0.2) is 11.6 Å². The van der Waals surface area contributed by atoms with Gasteiger partial charge in [-0.05, 0) is 31.0 Å². The highest BCUT2D eigenvalue weighted by Crippen LogP contribution is 2.20. The maximum atomic E-state index is 13.1. The van der Waals surface area contributed by atoms with Crippen molar-refractivity contribution in [2.45, 2.75) is 25.5 Å². The van der Waals surface area contributed by atoms with E-state index in [0.29, 0.717) is 19.6 Å². The lowest BCUT2D eigenvalue weighted by molar-refractivity contribution is -0.126. The molecule has 0 saturated carbocycles. The summed E-state index contributed by atoms with van der Waals surface area (Å²) in [6.07, 6.45) is -0.448. The zero-order valence-corrected chi connectivity index (χ0v) is 11.1. The molecular formula is C14H17F2NO3. The highest BCUT2D eigenvalue weighted by Gasteiger charge is 2.27. The number of hydrogen-bond acceptors (Lipinski definition) is 3. The molecule has 0 aliphatic carbocycles. The smallest absolute Gasteiger partial charge is 0.225 e. The maximum Gasteiger partial charge on any atom is 0.225 e. The molecule has 1 aliphatic heterocycles. The van der Waals surface area contributed by atoms with Crippen LogP contribution in [0.4, 0.5) is 8.78 Å². The fourth-order valence-corrected chi connectivity index (χ4v) is 2.15. The van der Waals surface area contributed by atoms with Gasteiger partial charge < -0.3 is 15.2 Å². The third-order valence-electron chi connectivity index (χ3n) is 3.43. The number of nitrogens with one attached hydrogen (secondary N) is 1.